The third-order valence-electron chi connectivity index (χ3n) is 3.98. The van der Waals surface area contributed by atoms with E-state index in [9.17, 15) is 17.6 Å². The summed E-state index contributed by atoms with van der Waals surface area (Å²) in [6.45, 7) is 2.38. The van der Waals surface area contributed by atoms with Crippen molar-refractivity contribution in [2.75, 3.05) is 17.3 Å². The van der Waals surface area contributed by atoms with Gasteiger partial charge in [-0.3, -0.25) is 4.79 Å². The van der Waals surface area contributed by atoms with Crippen LogP contribution in [0.15, 0.2) is 60.0 Å². The van der Waals surface area contributed by atoms with Gasteiger partial charge in [0.05, 0.1) is 18.4 Å². The van der Waals surface area contributed by atoms with Gasteiger partial charge in [-0.2, -0.15) is 0 Å². The van der Waals surface area contributed by atoms with Gasteiger partial charge in [-0.05, 0) is 61.5 Å². The summed E-state index contributed by atoms with van der Waals surface area (Å²) in [7, 11) is -3.35. The summed E-state index contributed by atoms with van der Waals surface area (Å²) in [4.78, 5) is 14.4. The number of benzene rings is 2. The van der Waals surface area contributed by atoms with Crippen molar-refractivity contribution in [1.29, 1.82) is 0 Å². The number of rotatable bonds is 5. The maximum Gasteiger partial charge on any atom is 0.258 e. The highest BCUT2D eigenvalue weighted by Gasteiger charge is 2.32. The zero-order chi connectivity index (χ0) is 18.7. The van der Waals surface area contributed by atoms with Gasteiger partial charge < -0.3 is 9.64 Å². The third-order valence-corrected chi connectivity index (χ3v) is 5.36. The zero-order valence-electron chi connectivity index (χ0n) is 14.1. The van der Waals surface area contributed by atoms with E-state index in [2.05, 4.69) is 0 Å². The molecule has 26 heavy (non-hydrogen) atoms. The number of halogens is 1. The quantitative estimate of drug-likeness (QED) is 0.805. The highest BCUT2D eigenvalue weighted by molar-refractivity contribution is 7.94. The second kappa shape index (κ2) is 7.29. The van der Waals surface area contributed by atoms with Gasteiger partial charge in [0.2, 0.25) is 0 Å². The number of ether oxygens (including phenoxy) is 1. The van der Waals surface area contributed by atoms with Crippen molar-refractivity contribution in [3.63, 3.8) is 0 Å². The molecule has 1 amide bonds. The SMILES string of the molecule is CCOc1ccc(N(C(=O)c2ccc(F)cc2)[C@H]2C=CS(=O)(=O)C2)cc1. The van der Waals surface area contributed by atoms with Gasteiger partial charge in [-0.15, -0.1) is 0 Å². The largest absolute Gasteiger partial charge is 0.494 e. The van der Waals surface area contributed by atoms with Crippen LogP contribution in [0.3, 0.4) is 0 Å². The van der Waals surface area contributed by atoms with Crippen LogP contribution in [0.25, 0.3) is 0 Å². The standard InChI is InChI=1S/C19H18FNO4S/c1-2-25-18-9-7-16(8-10-18)21(17-11-12-26(23,24)13-17)19(22)14-3-5-15(20)6-4-14/h3-12,17H,2,13H2,1H3/t17-/m0/s1. The summed E-state index contributed by atoms with van der Waals surface area (Å²) in [6.07, 6.45) is 1.49. The van der Waals surface area contributed by atoms with E-state index in [1.807, 2.05) is 6.92 Å². The van der Waals surface area contributed by atoms with Crippen LogP contribution in [0.5, 0.6) is 5.75 Å². The van der Waals surface area contributed by atoms with Crippen LogP contribution < -0.4 is 9.64 Å². The molecule has 1 aliphatic rings. The van der Waals surface area contributed by atoms with Gasteiger partial charge >= 0.3 is 0 Å². The maximum atomic E-state index is 13.2. The molecule has 136 valence electrons. The Balaban J connectivity index is 1.97. The Morgan fingerprint density at radius 1 is 1.15 bits per heavy atom. The van der Waals surface area contributed by atoms with Crippen molar-refractivity contribution in [1.82, 2.24) is 0 Å². The number of hydrogen-bond acceptors (Lipinski definition) is 4. The van der Waals surface area contributed by atoms with Crippen LogP contribution in [0.1, 0.15) is 17.3 Å². The van der Waals surface area contributed by atoms with Crippen molar-refractivity contribution >= 4 is 21.4 Å². The van der Waals surface area contributed by atoms with Crippen molar-refractivity contribution in [3.05, 3.63) is 71.4 Å². The average Bonchev–Trinajstić information content (AvgIpc) is 2.97. The van der Waals surface area contributed by atoms with Gasteiger partial charge in [0.25, 0.3) is 5.91 Å². The molecule has 2 aromatic rings. The van der Waals surface area contributed by atoms with E-state index in [0.29, 0.717) is 18.0 Å². The second-order valence-electron chi connectivity index (χ2n) is 5.83. The zero-order valence-corrected chi connectivity index (χ0v) is 14.9. The fraction of sp³-hybridized carbons (Fsp3) is 0.211. The van der Waals surface area contributed by atoms with E-state index in [0.717, 1.165) is 5.41 Å². The molecule has 1 aliphatic heterocycles. The Morgan fingerprint density at radius 2 is 1.81 bits per heavy atom. The molecule has 0 N–H and O–H groups in total. The number of anilines is 1. The first-order valence-corrected chi connectivity index (χ1v) is 9.84. The fourth-order valence-electron chi connectivity index (χ4n) is 2.78. The smallest absolute Gasteiger partial charge is 0.258 e. The Bertz CT molecular complexity index is 921. The lowest BCUT2D eigenvalue weighted by atomic mass is 10.1. The highest BCUT2D eigenvalue weighted by Crippen LogP contribution is 2.27. The van der Waals surface area contributed by atoms with Crippen molar-refractivity contribution < 1.29 is 22.3 Å². The molecule has 0 aromatic heterocycles. The normalized spacial score (nSPS) is 17.8. The molecule has 0 aliphatic carbocycles. The summed E-state index contributed by atoms with van der Waals surface area (Å²) in [5, 5.41) is 1.12. The first kappa shape index (κ1) is 18.1. The van der Waals surface area contributed by atoms with Gasteiger partial charge in [-0.25, -0.2) is 12.8 Å². The minimum Gasteiger partial charge on any atom is -0.494 e. The minimum absolute atomic E-state index is 0.187. The number of hydrogen-bond donors (Lipinski definition) is 0. The lowest BCUT2D eigenvalue weighted by Gasteiger charge is -2.28. The van der Waals surface area contributed by atoms with Crippen LogP contribution in [0.4, 0.5) is 10.1 Å². The second-order valence-corrected chi connectivity index (χ2v) is 7.77. The number of amides is 1. The number of nitrogens with zero attached hydrogens (tertiary/aromatic N) is 1. The molecule has 1 heterocycles. The molecule has 0 saturated carbocycles. The molecule has 0 fully saturated rings. The Labute approximate surface area is 151 Å². The minimum atomic E-state index is -3.35. The van der Waals surface area contributed by atoms with E-state index < -0.39 is 27.6 Å². The lowest BCUT2D eigenvalue weighted by molar-refractivity contribution is 0.0983. The third kappa shape index (κ3) is 3.94. The molecule has 0 bridgehead atoms. The Hall–Kier alpha value is -2.67. The molecule has 5 nitrogen and oxygen atoms in total. The number of sulfone groups is 1. The van der Waals surface area contributed by atoms with E-state index in [-0.39, 0.29) is 11.3 Å². The molecule has 0 unspecified atom stereocenters. The summed E-state index contributed by atoms with van der Waals surface area (Å²) >= 11 is 0. The lowest BCUT2D eigenvalue weighted by Crippen LogP contribution is -2.41. The monoisotopic (exact) mass is 375 g/mol. The number of carbonyl (C=O) groups excluding carboxylic acids is 1. The Morgan fingerprint density at radius 3 is 2.35 bits per heavy atom. The predicted octanol–water partition coefficient (Wildman–Crippen LogP) is 3.18. The predicted molar refractivity (Wildman–Crippen MR) is 97.5 cm³/mol. The number of carbonyl (C=O) groups is 1. The highest BCUT2D eigenvalue weighted by atomic mass is 32.2. The molecule has 0 saturated heterocycles. The molecule has 2 aromatic carbocycles. The molecule has 0 radical (unpaired) electrons. The van der Waals surface area contributed by atoms with E-state index in [1.165, 1.54) is 35.2 Å². The molecular weight excluding hydrogens is 357 g/mol. The van der Waals surface area contributed by atoms with Crippen LogP contribution in [0.2, 0.25) is 0 Å². The molecule has 0 spiro atoms. The van der Waals surface area contributed by atoms with E-state index in [1.54, 1.807) is 24.3 Å². The first-order chi connectivity index (χ1) is 12.4. The van der Waals surface area contributed by atoms with E-state index >= 15 is 0 Å². The van der Waals surface area contributed by atoms with Crippen molar-refractivity contribution in [2.45, 2.75) is 13.0 Å². The van der Waals surface area contributed by atoms with Gasteiger partial charge in [0.1, 0.15) is 11.6 Å². The van der Waals surface area contributed by atoms with Crippen LogP contribution in [-0.4, -0.2) is 32.7 Å². The first-order valence-electron chi connectivity index (χ1n) is 8.12. The van der Waals surface area contributed by atoms with Gasteiger partial charge in [0, 0.05) is 16.7 Å². The summed E-state index contributed by atoms with van der Waals surface area (Å²) in [6, 6.07) is 11.4. The fourth-order valence-corrected chi connectivity index (χ4v) is 4.05. The summed E-state index contributed by atoms with van der Waals surface area (Å²) in [5.41, 5.74) is 0.813. The molecule has 7 heteroatoms. The van der Waals surface area contributed by atoms with Gasteiger partial charge in [0.15, 0.2) is 9.84 Å². The average molecular weight is 375 g/mol. The maximum absolute atomic E-state index is 13.2. The molecule has 1 atom stereocenters. The molecule has 3 rings (SSSR count). The van der Waals surface area contributed by atoms with Crippen LogP contribution in [-0.2, 0) is 9.84 Å². The Kier molecular flexibility index (Phi) is 5.08. The topological polar surface area (TPSA) is 63.7 Å². The summed E-state index contributed by atoms with van der Waals surface area (Å²) in [5.74, 6) is -0.383. The molecular formula is C19H18FNO4S. The van der Waals surface area contributed by atoms with Crippen LogP contribution >= 0.6 is 0 Å². The van der Waals surface area contributed by atoms with Gasteiger partial charge in [-0.1, -0.05) is 0 Å². The van der Waals surface area contributed by atoms with Crippen molar-refractivity contribution in [3.8, 4) is 5.75 Å². The van der Waals surface area contributed by atoms with Crippen molar-refractivity contribution in [2.24, 2.45) is 0 Å². The summed E-state index contributed by atoms with van der Waals surface area (Å²) < 4.78 is 42.2. The van der Waals surface area contributed by atoms with E-state index in [4.69, 9.17) is 4.74 Å². The van der Waals surface area contributed by atoms with Crippen LogP contribution in [0, 0.1) is 5.82 Å².